The van der Waals surface area contributed by atoms with Crippen LogP contribution in [-0.2, 0) is 6.54 Å². The molecular weight excluding hydrogens is 434 g/mol. The van der Waals surface area contributed by atoms with Gasteiger partial charge in [0.25, 0.3) is 0 Å². The molecule has 5 heteroatoms. The third kappa shape index (κ3) is 5.35. The summed E-state index contributed by atoms with van der Waals surface area (Å²) in [7, 11) is 0. The van der Waals surface area contributed by atoms with Gasteiger partial charge in [-0.05, 0) is 106 Å². The van der Waals surface area contributed by atoms with Crippen molar-refractivity contribution >= 4 is 0 Å². The molecule has 0 aliphatic heterocycles. The molecule has 2 N–H and O–H groups in total. The van der Waals surface area contributed by atoms with Gasteiger partial charge in [0.15, 0.2) is 0 Å². The van der Waals surface area contributed by atoms with Gasteiger partial charge in [0.05, 0.1) is 29.5 Å². The first-order valence-electron chi connectivity index (χ1n) is 14.2. The quantitative estimate of drug-likeness (QED) is 0.505. The van der Waals surface area contributed by atoms with Crippen LogP contribution < -0.4 is 0 Å². The molecule has 5 nitrogen and oxygen atoms in total. The zero-order valence-corrected chi connectivity index (χ0v) is 23.0. The maximum atomic E-state index is 11.9. The minimum absolute atomic E-state index is 0.104. The van der Waals surface area contributed by atoms with Gasteiger partial charge < -0.3 is 10.2 Å². The molecule has 3 aliphatic carbocycles. The van der Waals surface area contributed by atoms with E-state index in [2.05, 4.69) is 38.9 Å². The minimum Gasteiger partial charge on any atom is -0.390 e. The van der Waals surface area contributed by atoms with Gasteiger partial charge in [0.1, 0.15) is 6.07 Å². The van der Waals surface area contributed by atoms with Crippen LogP contribution in [0, 0.1) is 58.2 Å². The lowest BCUT2D eigenvalue weighted by Crippen LogP contribution is -2.58. The summed E-state index contributed by atoms with van der Waals surface area (Å²) in [5.41, 5.74) is -0.720. The Morgan fingerprint density at radius 2 is 1.86 bits per heavy atom. The van der Waals surface area contributed by atoms with Crippen molar-refractivity contribution in [3.05, 3.63) is 18.0 Å². The SMILES string of the molecule is C[C@H]1[C@H]2[C@H](CC[C@@H]3C[C@](C)(O)CC[C@@H]3C)CCC[C@]2(C)C([C@](C)(O)Cn2cc(C#N)cn2)C[C@@H]1C. The maximum Gasteiger partial charge on any atom is 0.102 e. The van der Waals surface area contributed by atoms with Crippen molar-refractivity contribution in [1.29, 1.82) is 5.26 Å². The predicted molar refractivity (Wildman–Crippen MR) is 139 cm³/mol. The van der Waals surface area contributed by atoms with Crippen LogP contribution in [0.25, 0.3) is 0 Å². The lowest BCUT2D eigenvalue weighted by molar-refractivity contribution is -0.168. The van der Waals surface area contributed by atoms with Crippen molar-refractivity contribution < 1.29 is 10.2 Å². The van der Waals surface area contributed by atoms with Gasteiger partial charge in [0, 0.05) is 6.20 Å². The molecule has 4 rings (SSSR count). The van der Waals surface area contributed by atoms with E-state index < -0.39 is 11.2 Å². The fraction of sp³-hybridized carbons (Fsp3) is 0.867. The molecule has 0 saturated heterocycles. The predicted octanol–water partition coefficient (Wildman–Crippen LogP) is 6.19. The smallest absolute Gasteiger partial charge is 0.102 e. The zero-order chi connectivity index (χ0) is 25.6. The molecule has 1 aromatic heterocycles. The molecule has 196 valence electrons. The standard InChI is InChI=1S/C30H49N3O2/c1-20-11-13-28(4,34)15-25(20)10-9-24-8-7-12-29(5)26(14-21(2)22(3)27(24)29)30(6,35)19-33-18-23(16-31)17-32-33/h17-18,20-22,24-27,34-35H,7-15,19H2,1-6H3/t20-,21-,22+,24-,25+,26?,27-,28+,29+,30+/m0/s1. The van der Waals surface area contributed by atoms with E-state index in [9.17, 15) is 15.5 Å². The highest BCUT2D eigenvalue weighted by molar-refractivity contribution is 5.21. The monoisotopic (exact) mass is 483 g/mol. The summed E-state index contributed by atoms with van der Waals surface area (Å²) < 4.78 is 1.76. The topological polar surface area (TPSA) is 82.1 Å². The Kier molecular flexibility index (Phi) is 7.49. The van der Waals surface area contributed by atoms with Crippen molar-refractivity contribution in [1.82, 2.24) is 9.78 Å². The summed E-state index contributed by atoms with van der Waals surface area (Å²) in [4.78, 5) is 0. The molecule has 10 atom stereocenters. The van der Waals surface area contributed by atoms with Gasteiger partial charge in [-0.15, -0.1) is 0 Å². The van der Waals surface area contributed by atoms with Crippen LogP contribution in [-0.4, -0.2) is 31.2 Å². The van der Waals surface area contributed by atoms with E-state index in [1.807, 2.05) is 13.8 Å². The molecule has 3 saturated carbocycles. The van der Waals surface area contributed by atoms with Gasteiger partial charge in [0.2, 0.25) is 0 Å². The highest BCUT2D eigenvalue weighted by atomic mass is 16.3. The molecule has 0 aromatic carbocycles. The average molecular weight is 484 g/mol. The highest BCUT2D eigenvalue weighted by Gasteiger charge is 2.57. The van der Waals surface area contributed by atoms with Gasteiger partial charge in [-0.1, -0.05) is 40.5 Å². The van der Waals surface area contributed by atoms with Crippen LogP contribution in [0.15, 0.2) is 12.4 Å². The summed E-state index contributed by atoms with van der Waals surface area (Å²) in [6.07, 6.45) is 13.6. The normalized spacial score (nSPS) is 43.7. The Morgan fingerprint density at radius 1 is 1.14 bits per heavy atom. The van der Waals surface area contributed by atoms with E-state index in [0.29, 0.717) is 47.6 Å². The minimum atomic E-state index is -0.876. The summed E-state index contributed by atoms with van der Waals surface area (Å²) in [6, 6.07) is 2.15. The Hall–Kier alpha value is -1.38. The molecule has 0 bridgehead atoms. The Bertz CT molecular complexity index is 915. The lowest BCUT2D eigenvalue weighted by atomic mass is 9.45. The molecule has 0 amide bonds. The first-order chi connectivity index (χ1) is 16.4. The van der Waals surface area contributed by atoms with Gasteiger partial charge in [-0.3, -0.25) is 4.68 Å². The van der Waals surface area contributed by atoms with Crippen molar-refractivity contribution in [2.45, 2.75) is 117 Å². The zero-order valence-electron chi connectivity index (χ0n) is 23.0. The number of aliphatic hydroxyl groups is 2. The number of nitrogens with zero attached hydrogens (tertiary/aromatic N) is 3. The number of hydrogen-bond donors (Lipinski definition) is 2. The van der Waals surface area contributed by atoms with Crippen molar-refractivity contribution in [2.75, 3.05) is 0 Å². The Morgan fingerprint density at radius 3 is 2.54 bits per heavy atom. The van der Waals surface area contributed by atoms with Crippen LogP contribution >= 0.6 is 0 Å². The number of nitriles is 1. The fourth-order valence-corrected chi connectivity index (χ4v) is 8.97. The third-order valence-corrected chi connectivity index (χ3v) is 11.0. The molecular formula is C30H49N3O2. The van der Waals surface area contributed by atoms with Gasteiger partial charge in [-0.25, -0.2) is 0 Å². The molecule has 35 heavy (non-hydrogen) atoms. The fourth-order valence-electron chi connectivity index (χ4n) is 8.97. The number of aromatic nitrogens is 2. The molecule has 1 unspecified atom stereocenters. The number of fused-ring (bicyclic) bond motifs is 1. The first kappa shape index (κ1) is 26.7. The summed E-state index contributed by atoms with van der Waals surface area (Å²) in [5, 5.41) is 36.2. The summed E-state index contributed by atoms with van der Waals surface area (Å²) >= 11 is 0. The maximum absolute atomic E-state index is 11.9. The Labute approximate surface area is 213 Å². The average Bonchev–Trinajstić information content (AvgIpc) is 3.23. The van der Waals surface area contributed by atoms with Crippen LogP contribution in [0.2, 0.25) is 0 Å². The summed E-state index contributed by atoms with van der Waals surface area (Å²) in [6.45, 7) is 14.2. The van der Waals surface area contributed by atoms with Crippen LogP contribution in [0.5, 0.6) is 0 Å². The molecule has 1 aromatic rings. The molecule has 1 heterocycles. The number of hydrogen-bond acceptors (Lipinski definition) is 4. The first-order valence-corrected chi connectivity index (χ1v) is 14.2. The molecule has 3 fully saturated rings. The van der Waals surface area contributed by atoms with E-state index in [1.165, 1.54) is 32.1 Å². The van der Waals surface area contributed by atoms with Crippen LogP contribution in [0.3, 0.4) is 0 Å². The van der Waals surface area contributed by atoms with E-state index >= 15 is 0 Å². The van der Waals surface area contributed by atoms with Crippen LogP contribution in [0.1, 0.15) is 105 Å². The van der Waals surface area contributed by atoms with Gasteiger partial charge in [-0.2, -0.15) is 10.4 Å². The van der Waals surface area contributed by atoms with E-state index in [0.717, 1.165) is 25.7 Å². The third-order valence-electron chi connectivity index (χ3n) is 11.0. The lowest BCUT2D eigenvalue weighted by Gasteiger charge is -2.61. The van der Waals surface area contributed by atoms with Gasteiger partial charge >= 0.3 is 0 Å². The van der Waals surface area contributed by atoms with Crippen molar-refractivity contribution in [3.8, 4) is 6.07 Å². The molecule has 0 spiro atoms. The second-order valence-electron chi connectivity index (χ2n) is 13.8. The second kappa shape index (κ2) is 9.82. The number of rotatable bonds is 6. The van der Waals surface area contributed by atoms with E-state index in [4.69, 9.17) is 0 Å². The van der Waals surface area contributed by atoms with E-state index in [-0.39, 0.29) is 11.3 Å². The molecule has 3 aliphatic rings. The van der Waals surface area contributed by atoms with Crippen LogP contribution in [0.4, 0.5) is 0 Å². The molecule has 0 radical (unpaired) electrons. The second-order valence-corrected chi connectivity index (χ2v) is 13.8. The van der Waals surface area contributed by atoms with Crippen molar-refractivity contribution in [3.63, 3.8) is 0 Å². The Balaban J connectivity index is 1.54. The largest absolute Gasteiger partial charge is 0.390 e. The summed E-state index contributed by atoms with van der Waals surface area (Å²) in [5.74, 6) is 4.07. The van der Waals surface area contributed by atoms with Crippen molar-refractivity contribution in [2.24, 2.45) is 46.8 Å². The highest BCUT2D eigenvalue weighted by Crippen LogP contribution is 2.62. The van der Waals surface area contributed by atoms with E-state index in [1.54, 1.807) is 17.1 Å².